The third-order valence-corrected chi connectivity index (χ3v) is 4.25. The van der Waals surface area contributed by atoms with Crippen LogP contribution in [0.1, 0.15) is 5.01 Å². The van der Waals surface area contributed by atoms with Crippen molar-refractivity contribution in [2.75, 3.05) is 11.9 Å². The van der Waals surface area contributed by atoms with Crippen molar-refractivity contribution < 1.29 is 9.31 Å². The summed E-state index contributed by atoms with van der Waals surface area (Å²) in [4.78, 5) is 14.8. The molecule has 0 radical (unpaired) electrons. The smallest absolute Gasteiger partial charge is 0.295 e. The highest BCUT2D eigenvalue weighted by Crippen LogP contribution is 2.25. The molecule has 3 rings (SSSR count). The summed E-state index contributed by atoms with van der Waals surface area (Å²) in [7, 11) is 0. The van der Waals surface area contributed by atoms with Gasteiger partial charge in [0, 0.05) is 13.0 Å². The molecule has 1 heterocycles. The second-order valence-electron chi connectivity index (χ2n) is 4.67. The number of nitro benzene ring substituents is 1. The number of nitrogens with one attached hydrogen (secondary N) is 1. The van der Waals surface area contributed by atoms with E-state index < -0.39 is 10.7 Å². The zero-order chi connectivity index (χ0) is 15.5. The van der Waals surface area contributed by atoms with Crippen LogP contribution in [0.5, 0.6) is 0 Å². The summed E-state index contributed by atoms with van der Waals surface area (Å²) < 4.78 is 14.2. The van der Waals surface area contributed by atoms with Crippen LogP contribution in [0.15, 0.2) is 42.5 Å². The van der Waals surface area contributed by atoms with Crippen LogP contribution in [-0.4, -0.2) is 16.5 Å². The Balaban J connectivity index is 1.69. The van der Waals surface area contributed by atoms with Crippen molar-refractivity contribution in [2.45, 2.75) is 6.42 Å². The summed E-state index contributed by atoms with van der Waals surface area (Å²) in [5.41, 5.74) is 1.01. The van der Waals surface area contributed by atoms with Gasteiger partial charge in [0.2, 0.25) is 0 Å². The Labute approximate surface area is 129 Å². The zero-order valence-electron chi connectivity index (χ0n) is 11.5. The molecule has 1 N–H and O–H groups in total. The molecule has 0 aliphatic rings. The van der Waals surface area contributed by atoms with E-state index in [1.165, 1.54) is 12.1 Å². The van der Waals surface area contributed by atoms with Crippen LogP contribution < -0.4 is 5.32 Å². The Bertz CT molecular complexity index is 802. The molecule has 5 nitrogen and oxygen atoms in total. The van der Waals surface area contributed by atoms with Crippen molar-refractivity contribution in [3.05, 3.63) is 63.4 Å². The summed E-state index contributed by atoms with van der Waals surface area (Å²) in [6.07, 6.45) is 0.647. The van der Waals surface area contributed by atoms with E-state index in [2.05, 4.69) is 10.3 Å². The maximum Gasteiger partial charge on any atom is 0.295 e. The van der Waals surface area contributed by atoms with Crippen LogP contribution in [0.2, 0.25) is 0 Å². The number of para-hydroxylation sites is 1. The van der Waals surface area contributed by atoms with Crippen molar-refractivity contribution in [3.63, 3.8) is 0 Å². The lowest BCUT2D eigenvalue weighted by atomic mass is 10.2. The number of aromatic nitrogens is 1. The van der Waals surface area contributed by atoms with E-state index in [0.29, 0.717) is 18.7 Å². The maximum atomic E-state index is 13.1. The van der Waals surface area contributed by atoms with Crippen LogP contribution in [0.3, 0.4) is 0 Å². The van der Waals surface area contributed by atoms with E-state index in [4.69, 9.17) is 0 Å². The molecule has 7 heteroatoms. The molecule has 0 atom stereocenters. The van der Waals surface area contributed by atoms with Crippen LogP contribution >= 0.6 is 11.3 Å². The molecule has 0 spiro atoms. The van der Waals surface area contributed by atoms with Gasteiger partial charge in [0.25, 0.3) is 5.69 Å². The van der Waals surface area contributed by atoms with Crippen molar-refractivity contribution in [1.29, 1.82) is 0 Å². The Morgan fingerprint density at radius 3 is 2.86 bits per heavy atom. The molecule has 0 saturated carbocycles. The number of fused-ring (bicyclic) bond motifs is 1. The van der Waals surface area contributed by atoms with Crippen molar-refractivity contribution >= 4 is 32.9 Å². The van der Waals surface area contributed by atoms with Crippen molar-refractivity contribution in [3.8, 4) is 0 Å². The molecule has 3 aromatic rings. The Hall–Kier alpha value is -2.54. The molecular formula is C15H12FN3O2S. The fourth-order valence-electron chi connectivity index (χ4n) is 2.14. The number of rotatable bonds is 5. The highest BCUT2D eigenvalue weighted by atomic mass is 32.1. The largest absolute Gasteiger partial charge is 0.379 e. The van der Waals surface area contributed by atoms with E-state index in [0.717, 1.165) is 21.3 Å². The molecule has 0 amide bonds. The monoisotopic (exact) mass is 317 g/mol. The normalized spacial score (nSPS) is 10.8. The fraction of sp³-hybridized carbons (Fsp3) is 0.133. The van der Waals surface area contributed by atoms with Gasteiger partial charge in [-0.1, -0.05) is 12.1 Å². The fourth-order valence-corrected chi connectivity index (χ4v) is 3.10. The van der Waals surface area contributed by atoms with Crippen molar-refractivity contribution in [1.82, 2.24) is 4.98 Å². The average Bonchev–Trinajstić information content (AvgIpc) is 2.91. The van der Waals surface area contributed by atoms with Crippen LogP contribution in [0.25, 0.3) is 10.2 Å². The quantitative estimate of drug-likeness (QED) is 0.570. The topological polar surface area (TPSA) is 68.1 Å². The van der Waals surface area contributed by atoms with Gasteiger partial charge in [-0.2, -0.15) is 0 Å². The number of nitrogens with zero attached hydrogens (tertiary/aromatic N) is 2. The zero-order valence-corrected chi connectivity index (χ0v) is 12.3. The molecule has 2 aromatic carbocycles. The molecule has 1 aromatic heterocycles. The van der Waals surface area contributed by atoms with E-state index in [9.17, 15) is 14.5 Å². The van der Waals surface area contributed by atoms with Gasteiger partial charge in [-0.05, 0) is 24.3 Å². The first-order valence-electron chi connectivity index (χ1n) is 6.66. The molecule has 0 saturated heterocycles. The summed E-state index contributed by atoms with van der Waals surface area (Å²) >= 11 is 1.60. The lowest BCUT2D eigenvalue weighted by Gasteiger charge is -2.05. The number of hydrogen-bond acceptors (Lipinski definition) is 5. The Kier molecular flexibility index (Phi) is 3.97. The first-order valence-corrected chi connectivity index (χ1v) is 7.47. The molecule has 0 aliphatic heterocycles. The highest BCUT2D eigenvalue weighted by Gasteiger charge is 2.14. The summed E-state index contributed by atoms with van der Waals surface area (Å²) in [6.45, 7) is 0.492. The van der Waals surface area contributed by atoms with Gasteiger partial charge in [0.1, 0.15) is 11.5 Å². The third kappa shape index (κ3) is 3.04. The lowest BCUT2D eigenvalue weighted by Crippen LogP contribution is -2.07. The molecule has 0 unspecified atom stereocenters. The van der Waals surface area contributed by atoms with Gasteiger partial charge in [0.05, 0.1) is 26.2 Å². The number of halogens is 1. The highest BCUT2D eigenvalue weighted by molar-refractivity contribution is 7.18. The van der Waals surface area contributed by atoms with Crippen LogP contribution in [0, 0.1) is 15.9 Å². The molecule has 0 fully saturated rings. The van der Waals surface area contributed by atoms with E-state index in [1.807, 2.05) is 24.3 Å². The first kappa shape index (κ1) is 14.4. The second kappa shape index (κ2) is 6.07. The summed E-state index contributed by atoms with van der Waals surface area (Å²) in [6, 6.07) is 11.4. The molecular weight excluding hydrogens is 305 g/mol. The minimum Gasteiger partial charge on any atom is -0.379 e. The SMILES string of the molecule is O=[N+]([O-])c1cc(F)ccc1NCCc1nc2ccccc2s1. The maximum absolute atomic E-state index is 13.1. The molecule has 112 valence electrons. The van der Waals surface area contributed by atoms with E-state index in [-0.39, 0.29) is 5.69 Å². The molecule has 0 aliphatic carbocycles. The van der Waals surface area contributed by atoms with Gasteiger partial charge in [-0.3, -0.25) is 10.1 Å². The van der Waals surface area contributed by atoms with Crippen molar-refractivity contribution in [2.24, 2.45) is 0 Å². The summed E-state index contributed by atoms with van der Waals surface area (Å²) in [5.74, 6) is -0.622. The first-order chi connectivity index (χ1) is 10.6. The van der Waals surface area contributed by atoms with Crippen LogP contribution in [0.4, 0.5) is 15.8 Å². The molecule has 22 heavy (non-hydrogen) atoms. The molecule has 0 bridgehead atoms. The van der Waals surface area contributed by atoms with Gasteiger partial charge in [-0.15, -0.1) is 11.3 Å². The number of hydrogen-bond donors (Lipinski definition) is 1. The number of thiazole rings is 1. The van der Waals surface area contributed by atoms with E-state index >= 15 is 0 Å². The third-order valence-electron chi connectivity index (χ3n) is 3.15. The summed E-state index contributed by atoms with van der Waals surface area (Å²) in [5, 5.41) is 14.8. The minimum atomic E-state index is -0.622. The number of anilines is 1. The van der Waals surface area contributed by atoms with Crippen LogP contribution in [-0.2, 0) is 6.42 Å². The van der Waals surface area contributed by atoms with Gasteiger partial charge in [0.15, 0.2) is 0 Å². The minimum absolute atomic E-state index is 0.260. The Morgan fingerprint density at radius 1 is 1.27 bits per heavy atom. The number of nitro groups is 1. The lowest BCUT2D eigenvalue weighted by molar-refractivity contribution is -0.384. The van der Waals surface area contributed by atoms with Gasteiger partial charge >= 0.3 is 0 Å². The second-order valence-corrected chi connectivity index (χ2v) is 5.79. The number of benzene rings is 2. The van der Waals surface area contributed by atoms with Gasteiger partial charge < -0.3 is 5.32 Å². The predicted octanol–water partition coefficient (Wildman–Crippen LogP) is 4.00. The standard InChI is InChI=1S/C15H12FN3O2S/c16-10-5-6-11(13(9-10)19(20)21)17-8-7-15-18-12-3-1-2-4-14(12)22-15/h1-6,9,17H,7-8H2. The average molecular weight is 317 g/mol. The van der Waals surface area contributed by atoms with Gasteiger partial charge in [-0.25, -0.2) is 9.37 Å². The van der Waals surface area contributed by atoms with E-state index in [1.54, 1.807) is 11.3 Å². The predicted molar refractivity (Wildman–Crippen MR) is 84.9 cm³/mol. The Morgan fingerprint density at radius 2 is 2.09 bits per heavy atom.